The van der Waals surface area contributed by atoms with Crippen LogP contribution >= 0.6 is 0 Å². The molecule has 3 rings (SSSR count). The van der Waals surface area contributed by atoms with E-state index in [-0.39, 0.29) is 18.1 Å². The van der Waals surface area contributed by atoms with Crippen LogP contribution in [0.4, 0.5) is 0 Å². The maximum Gasteiger partial charge on any atom is 0.343 e. The summed E-state index contributed by atoms with van der Waals surface area (Å²) in [6.07, 6.45) is 1.56. The van der Waals surface area contributed by atoms with Crippen LogP contribution in [-0.2, 0) is 9.53 Å². The molecule has 2 heterocycles. The fourth-order valence-corrected chi connectivity index (χ4v) is 2.38. The van der Waals surface area contributed by atoms with Crippen molar-refractivity contribution in [1.82, 2.24) is 0 Å². The highest BCUT2D eigenvalue weighted by atomic mass is 16.6. The molecule has 2 aromatic rings. The maximum absolute atomic E-state index is 12.4. The van der Waals surface area contributed by atoms with E-state index in [1.54, 1.807) is 31.2 Å². The topological polar surface area (TPSA) is 75.0 Å². The fourth-order valence-electron chi connectivity index (χ4n) is 2.38. The monoisotopic (exact) mass is 328 g/mol. The summed E-state index contributed by atoms with van der Waals surface area (Å²) in [7, 11) is 1.29. The number of aryl methyl sites for hydroxylation is 1. The number of ketones is 1. The number of methoxy groups -OCH3 is 1. The van der Waals surface area contributed by atoms with Crippen molar-refractivity contribution >= 4 is 17.8 Å². The Morgan fingerprint density at radius 2 is 2.00 bits per heavy atom. The van der Waals surface area contributed by atoms with E-state index in [1.165, 1.54) is 7.11 Å². The average molecular weight is 328 g/mol. The molecule has 0 unspecified atom stereocenters. The van der Waals surface area contributed by atoms with Crippen LogP contribution in [0.5, 0.6) is 11.5 Å². The number of furan rings is 1. The van der Waals surface area contributed by atoms with E-state index < -0.39 is 5.97 Å². The molecule has 1 aromatic carbocycles. The second-order valence-corrected chi connectivity index (χ2v) is 5.32. The van der Waals surface area contributed by atoms with E-state index in [0.29, 0.717) is 28.4 Å². The molecule has 0 bridgehead atoms. The number of carbonyl (C=O) groups is 2. The lowest BCUT2D eigenvalue weighted by Gasteiger charge is -2.10. The predicted molar refractivity (Wildman–Crippen MR) is 85.1 cm³/mol. The number of hydrogen-bond donors (Lipinski definition) is 0. The minimum atomic E-state index is -0.485. The zero-order chi connectivity index (χ0) is 17.3. The first kappa shape index (κ1) is 15.9. The lowest BCUT2D eigenvalue weighted by molar-refractivity contribution is -0.142. The van der Waals surface area contributed by atoms with E-state index in [4.69, 9.17) is 13.9 Å². The molecule has 0 amide bonds. The highest BCUT2D eigenvalue weighted by molar-refractivity contribution is 6.14. The Labute approximate surface area is 138 Å². The molecule has 0 aliphatic carbocycles. The Morgan fingerprint density at radius 1 is 1.21 bits per heavy atom. The smallest absolute Gasteiger partial charge is 0.343 e. The molecule has 1 aromatic heterocycles. The third-order valence-corrected chi connectivity index (χ3v) is 3.64. The van der Waals surface area contributed by atoms with E-state index in [1.807, 2.05) is 13.0 Å². The number of Topliss-reactive ketones (excluding diaryl/α,β-unsaturated/α-hetero) is 1. The molecule has 0 saturated heterocycles. The van der Waals surface area contributed by atoms with Crippen LogP contribution in [-0.4, -0.2) is 25.5 Å². The zero-order valence-corrected chi connectivity index (χ0v) is 13.5. The molecule has 0 spiro atoms. The number of benzene rings is 1. The molecule has 0 atom stereocenters. The van der Waals surface area contributed by atoms with Crippen LogP contribution < -0.4 is 9.47 Å². The van der Waals surface area contributed by atoms with Crippen LogP contribution in [0.15, 0.2) is 34.4 Å². The summed E-state index contributed by atoms with van der Waals surface area (Å²) in [5.41, 5.74) is 1.09. The van der Waals surface area contributed by atoms with Crippen molar-refractivity contribution in [1.29, 1.82) is 0 Å². The molecule has 0 N–H and O–H groups in total. The van der Waals surface area contributed by atoms with Crippen molar-refractivity contribution in [3.63, 3.8) is 0 Å². The first-order chi connectivity index (χ1) is 11.5. The van der Waals surface area contributed by atoms with Gasteiger partial charge in [-0.2, -0.15) is 0 Å². The second-order valence-electron chi connectivity index (χ2n) is 5.32. The predicted octanol–water partition coefficient (Wildman–Crippen LogP) is 3.06. The second kappa shape index (κ2) is 6.23. The van der Waals surface area contributed by atoms with Gasteiger partial charge in [-0.3, -0.25) is 4.79 Å². The van der Waals surface area contributed by atoms with E-state index in [9.17, 15) is 9.59 Å². The van der Waals surface area contributed by atoms with Gasteiger partial charge in [-0.15, -0.1) is 0 Å². The Hall–Kier alpha value is -3.02. The Kier molecular flexibility index (Phi) is 4.12. The summed E-state index contributed by atoms with van der Waals surface area (Å²) in [4.78, 5) is 23.6. The van der Waals surface area contributed by atoms with Crippen LogP contribution in [0, 0.1) is 13.8 Å². The number of ether oxygens (including phenoxy) is 3. The van der Waals surface area contributed by atoms with Crippen LogP contribution in [0.25, 0.3) is 6.08 Å². The normalized spacial score (nSPS) is 14.5. The molecule has 6 heteroatoms. The summed E-state index contributed by atoms with van der Waals surface area (Å²) >= 11 is 0. The molecular formula is C18H16O6. The molecule has 0 radical (unpaired) electrons. The molecule has 0 saturated carbocycles. The number of carbonyl (C=O) groups excluding carboxylic acids is 2. The first-order valence-corrected chi connectivity index (χ1v) is 7.33. The van der Waals surface area contributed by atoms with Crippen molar-refractivity contribution in [2.24, 2.45) is 0 Å². The summed E-state index contributed by atoms with van der Waals surface area (Å²) in [6.45, 7) is 3.38. The standard InChI is InChI=1S/C18H16O6/c1-10-4-5-12(23-10)8-15-17(20)13-6-7-14(11(2)18(13)24-15)22-9-16(19)21-3/h4-8H,9H2,1-3H3/b15-8-. The van der Waals surface area contributed by atoms with Gasteiger partial charge in [-0.25, -0.2) is 4.79 Å². The van der Waals surface area contributed by atoms with Gasteiger partial charge in [0.1, 0.15) is 23.0 Å². The average Bonchev–Trinajstić information content (AvgIpc) is 3.11. The molecule has 24 heavy (non-hydrogen) atoms. The molecule has 0 fully saturated rings. The van der Waals surface area contributed by atoms with E-state index in [0.717, 1.165) is 5.76 Å². The zero-order valence-electron chi connectivity index (χ0n) is 13.5. The Morgan fingerprint density at radius 3 is 2.67 bits per heavy atom. The number of hydrogen-bond acceptors (Lipinski definition) is 6. The van der Waals surface area contributed by atoms with Crippen molar-refractivity contribution in [2.75, 3.05) is 13.7 Å². The van der Waals surface area contributed by atoms with E-state index >= 15 is 0 Å². The lowest BCUT2D eigenvalue weighted by atomic mass is 10.1. The van der Waals surface area contributed by atoms with Crippen molar-refractivity contribution in [2.45, 2.75) is 13.8 Å². The van der Waals surface area contributed by atoms with Gasteiger partial charge >= 0.3 is 5.97 Å². The van der Waals surface area contributed by atoms with Gasteiger partial charge in [-0.1, -0.05) is 0 Å². The molecule has 1 aliphatic heterocycles. The van der Waals surface area contributed by atoms with Gasteiger partial charge in [0.25, 0.3) is 0 Å². The fraction of sp³-hybridized carbons (Fsp3) is 0.222. The largest absolute Gasteiger partial charge is 0.481 e. The molecular weight excluding hydrogens is 312 g/mol. The first-order valence-electron chi connectivity index (χ1n) is 7.33. The van der Waals surface area contributed by atoms with Crippen molar-refractivity contribution in [3.8, 4) is 11.5 Å². The minimum absolute atomic E-state index is 0.188. The summed E-state index contributed by atoms with van der Waals surface area (Å²) < 4.78 is 21.1. The number of fused-ring (bicyclic) bond motifs is 1. The number of allylic oxidation sites excluding steroid dienone is 1. The van der Waals surface area contributed by atoms with Gasteiger partial charge in [-0.05, 0) is 38.1 Å². The summed E-state index contributed by atoms with van der Waals surface area (Å²) in [6, 6.07) is 6.83. The highest BCUT2D eigenvalue weighted by Crippen LogP contribution is 2.39. The van der Waals surface area contributed by atoms with Gasteiger partial charge in [0, 0.05) is 11.6 Å². The molecule has 1 aliphatic rings. The van der Waals surface area contributed by atoms with Gasteiger partial charge in [0.05, 0.1) is 12.7 Å². The highest BCUT2D eigenvalue weighted by Gasteiger charge is 2.30. The van der Waals surface area contributed by atoms with Crippen LogP contribution in [0.1, 0.15) is 27.4 Å². The van der Waals surface area contributed by atoms with Gasteiger partial charge < -0.3 is 18.6 Å². The third kappa shape index (κ3) is 2.90. The maximum atomic E-state index is 12.4. The Bertz CT molecular complexity index is 843. The van der Waals surface area contributed by atoms with Crippen molar-refractivity contribution in [3.05, 3.63) is 52.7 Å². The van der Waals surface area contributed by atoms with Gasteiger partial charge in [0.2, 0.25) is 5.78 Å². The lowest BCUT2D eigenvalue weighted by Crippen LogP contribution is -2.13. The van der Waals surface area contributed by atoms with Gasteiger partial charge in [0.15, 0.2) is 12.4 Å². The number of esters is 1. The molecule has 124 valence electrons. The SMILES string of the molecule is COC(=O)COc1ccc2c(c1C)O/C(=C\c1ccc(C)o1)C2=O. The third-order valence-electron chi connectivity index (χ3n) is 3.64. The van der Waals surface area contributed by atoms with Crippen LogP contribution in [0.3, 0.4) is 0 Å². The van der Waals surface area contributed by atoms with E-state index in [2.05, 4.69) is 4.74 Å². The van der Waals surface area contributed by atoms with Crippen molar-refractivity contribution < 1.29 is 28.2 Å². The van der Waals surface area contributed by atoms with Crippen LogP contribution in [0.2, 0.25) is 0 Å². The number of rotatable bonds is 4. The Balaban J connectivity index is 1.87. The molecule has 6 nitrogen and oxygen atoms in total. The summed E-state index contributed by atoms with van der Waals surface area (Å²) in [5, 5.41) is 0. The minimum Gasteiger partial charge on any atom is -0.481 e. The summed E-state index contributed by atoms with van der Waals surface area (Å²) in [5.74, 6) is 1.66. The quantitative estimate of drug-likeness (QED) is 0.634.